The molecule has 1 aromatic heterocycles. The van der Waals surface area contributed by atoms with Gasteiger partial charge in [0.25, 0.3) is 0 Å². The standard InChI is InChI=1S/C23H20N2O2/c1-16-10-12-18(13-11-16)27-22-9-5-4-8-21(22)25-23(26)14-17-15-24-20-7-3-2-6-19(17)20/h2-13,15,24H,14H2,1H3,(H,25,26). The van der Waals surface area contributed by atoms with Crippen LogP contribution in [0.3, 0.4) is 0 Å². The summed E-state index contributed by atoms with van der Waals surface area (Å²) in [6, 6.07) is 23.2. The van der Waals surface area contributed by atoms with E-state index in [9.17, 15) is 4.79 Å². The van der Waals surface area contributed by atoms with Gasteiger partial charge in [-0.15, -0.1) is 0 Å². The number of carbonyl (C=O) groups excluding carboxylic acids is 1. The highest BCUT2D eigenvalue weighted by molar-refractivity contribution is 5.96. The van der Waals surface area contributed by atoms with Gasteiger partial charge in [-0.3, -0.25) is 4.79 Å². The average molecular weight is 356 g/mol. The van der Waals surface area contributed by atoms with Crippen LogP contribution >= 0.6 is 0 Å². The van der Waals surface area contributed by atoms with Gasteiger partial charge in [-0.1, -0.05) is 48.0 Å². The summed E-state index contributed by atoms with van der Waals surface area (Å²) in [4.78, 5) is 15.8. The fourth-order valence-corrected chi connectivity index (χ4v) is 3.04. The summed E-state index contributed by atoms with van der Waals surface area (Å²) in [5, 5.41) is 4.03. The first-order chi connectivity index (χ1) is 13.2. The number of para-hydroxylation sites is 3. The number of H-pyrrole nitrogens is 1. The maximum atomic E-state index is 12.6. The van der Waals surface area contributed by atoms with Crippen LogP contribution in [-0.2, 0) is 11.2 Å². The van der Waals surface area contributed by atoms with E-state index in [-0.39, 0.29) is 5.91 Å². The first kappa shape index (κ1) is 16.9. The van der Waals surface area contributed by atoms with Crippen LogP contribution < -0.4 is 10.1 Å². The molecular formula is C23H20N2O2. The number of benzene rings is 3. The molecule has 0 radical (unpaired) electrons. The van der Waals surface area contributed by atoms with Crippen molar-refractivity contribution < 1.29 is 9.53 Å². The number of rotatable bonds is 5. The van der Waals surface area contributed by atoms with E-state index in [0.717, 1.165) is 22.2 Å². The topological polar surface area (TPSA) is 54.1 Å². The molecule has 1 heterocycles. The highest BCUT2D eigenvalue weighted by Gasteiger charge is 2.11. The van der Waals surface area contributed by atoms with Gasteiger partial charge in [-0.25, -0.2) is 0 Å². The van der Waals surface area contributed by atoms with Crippen molar-refractivity contribution in [3.8, 4) is 11.5 Å². The Morgan fingerprint density at radius 1 is 0.963 bits per heavy atom. The summed E-state index contributed by atoms with van der Waals surface area (Å²) in [5.41, 5.74) is 3.83. The second-order valence-electron chi connectivity index (χ2n) is 6.50. The summed E-state index contributed by atoms with van der Waals surface area (Å²) >= 11 is 0. The Hall–Kier alpha value is -3.53. The number of aryl methyl sites for hydroxylation is 1. The zero-order valence-corrected chi connectivity index (χ0v) is 15.0. The zero-order valence-electron chi connectivity index (χ0n) is 15.0. The molecule has 0 saturated heterocycles. The monoisotopic (exact) mass is 356 g/mol. The minimum Gasteiger partial charge on any atom is -0.455 e. The molecule has 0 aliphatic rings. The Labute approximate surface area is 157 Å². The van der Waals surface area contributed by atoms with Crippen LogP contribution in [0.5, 0.6) is 11.5 Å². The minimum atomic E-state index is -0.0836. The first-order valence-corrected chi connectivity index (χ1v) is 8.87. The van der Waals surface area contributed by atoms with Crippen molar-refractivity contribution in [2.24, 2.45) is 0 Å². The van der Waals surface area contributed by atoms with E-state index in [1.807, 2.05) is 85.9 Å². The van der Waals surface area contributed by atoms with E-state index in [4.69, 9.17) is 4.74 Å². The van der Waals surface area contributed by atoms with E-state index < -0.39 is 0 Å². The lowest BCUT2D eigenvalue weighted by Gasteiger charge is -2.12. The highest BCUT2D eigenvalue weighted by atomic mass is 16.5. The van der Waals surface area contributed by atoms with E-state index in [2.05, 4.69) is 10.3 Å². The lowest BCUT2D eigenvalue weighted by atomic mass is 10.1. The molecule has 0 saturated carbocycles. The molecule has 0 bridgehead atoms. The molecule has 0 fully saturated rings. The molecule has 4 rings (SSSR count). The van der Waals surface area contributed by atoms with E-state index in [0.29, 0.717) is 17.9 Å². The molecule has 4 nitrogen and oxygen atoms in total. The van der Waals surface area contributed by atoms with Crippen molar-refractivity contribution in [1.29, 1.82) is 0 Å². The highest BCUT2D eigenvalue weighted by Crippen LogP contribution is 2.29. The number of hydrogen-bond donors (Lipinski definition) is 2. The van der Waals surface area contributed by atoms with Gasteiger partial charge in [0.15, 0.2) is 5.75 Å². The second-order valence-corrected chi connectivity index (χ2v) is 6.50. The van der Waals surface area contributed by atoms with Gasteiger partial charge >= 0.3 is 0 Å². The molecule has 0 spiro atoms. The van der Waals surface area contributed by atoms with Gasteiger partial charge in [0.05, 0.1) is 12.1 Å². The normalized spacial score (nSPS) is 10.7. The Morgan fingerprint density at radius 2 is 1.70 bits per heavy atom. The molecule has 4 heteroatoms. The number of hydrogen-bond acceptors (Lipinski definition) is 2. The van der Waals surface area contributed by atoms with Gasteiger partial charge in [0.1, 0.15) is 5.75 Å². The van der Waals surface area contributed by atoms with Crippen molar-refractivity contribution in [1.82, 2.24) is 4.98 Å². The number of carbonyl (C=O) groups is 1. The van der Waals surface area contributed by atoms with Crippen LogP contribution in [0.4, 0.5) is 5.69 Å². The Kier molecular flexibility index (Phi) is 4.62. The van der Waals surface area contributed by atoms with Crippen LogP contribution in [0.2, 0.25) is 0 Å². The molecule has 0 unspecified atom stereocenters. The fraction of sp³-hybridized carbons (Fsp3) is 0.0870. The Balaban J connectivity index is 1.50. The summed E-state index contributed by atoms with van der Waals surface area (Å²) < 4.78 is 5.95. The largest absolute Gasteiger partial charge is 0.455 e. The first-order valence-electron chi connectivity index (χ1n) is 8.87. The van der Waals surface area contributed by atoms with Gasteiger partial charge in [0.2, 0.25) is 5.91 Å². The number of amides is 1. The summed E-state index contributed by atoms with van der Waals surface area (Å²) in [5.74, 6) is 1.27. The summed E-state index contributed by atoms with van der Waals surface area (Å²) in [6.45, 7) is 2.03. The molecule has 1 amide bonds. The van der Waals surface area contributed by atoms with Gasteiger partial charge in [-0.05, 0) is 42.8 Å². The lowest BCUT2D eigenvalue weighted by Crippen LogP contribution is -2.14. The molecule has 4 aromatic rings. The van der Waals surface area contributed by atoms with Crippen molar-refractivity contribution in [2.75, 3.05) is 5.32 Å². The molecule has 0 atom stereocenters. The van der Waals surface area contributed by atoms with Crippen molar-refractivity contribution in [3.63, 3.8) is 0 Å². The molecule has 2 N–H and O–H groups in total. The molecule has 27 heavy (non-hydrogen) atoms. The summed E-state index contributed by atoms with van der Waals surface area (Å²) in [7, 11) is 0. The third-order valence-electron chi connectivity index (χ3n) is 4.44. The van der Waals surface area contributed by atoms with Crippen molar-refractivity contribution >= 4 is 22.5 Å². The van der Waals surface area contributed by atoms with E-state index >= 15 is 0 Å². The van der Waals surface area contributed by atoms with Gasteiger partial charge < -0.3 is 15.0 Å². The second kappa shape index (κ2) is 7.38. The predicted molar refractivity (Wildman–Crippen MR) is 108 cm³/mol. The molecule has 134 valence electrons. The van der Waals surface area contributed by atoms with Gasteiger partial charge in [-0.2, -0.15) is 0 Å². The summed E-state index contributed by atoms with van der Waals surface area (Å²) in [6.07, 6.45) is 2.18. The number of ether oxygens (including phenoxy) is 1. The molecule has 0 aliphatic carbocycles. The lowest BCUT2D eigenvalue weighted by molar-refractivity contribution is -0.115. The molecule has 0 aliphatic heterocycles. The SMILES string of the molecule is Cc1ccc(Oc2ccccc2NC(=O)Cc2c[nH]c3ccccc23)cc1. The van der Waals surface area contributed by atoms with Crippen LogP contribution in [0.15, 0.2) is 79.0 Å². The van der Waals surface area contributed by atoms with Crippen LogP contribution in [0, 0.1) is 6.92 Å². The minimum absolute atomic E-state index is 0.0836. The third-order valence-corrected chi connectivity index (χ3v) is 4.44. The third kappa shape index (κ3) is 3.85. The average Bonchev–Trinajstić information content (AvgIpc) is 3.08. The zero-order chi connectivity index (χ0) is 18.6. The number of anilines is 1. The number of fused-ring (bicyclic) bond motifs is 1. The van der Waals surface area contributed by atoms with Crippen LogP contribution in [0.25, 0.3) is 10.9 Å². The predicted octanol–water partition coefficient (Wildman–Crippen LogP) is 5.45. The maximum Gasteiger partial charge on any atom is 0.228 e. The van der Waals surface area contributed by atoms with Crippen LogP contribution in [-0.4, -0.2) is 10.9 Å². The van der Waals surface area contributed by atoms with Crippen LogP contribution in [0.1, 0.15) is 11.1 Å². The van der Waals surface area contributed by atoms with E-state index in [1.54, 1.807) is 0 Å². The molecule has 3 aromatic carbocycles. The number of aromatic amines is 1. The van der Waals surface area contributed by atoms with Gasteiger partial charge in [0, 0.05) is 17.1 Å². The van der Waals surface area contributed by atoms with E-state index in [1.165, 1.54) is 5.56 Å². The Bertz CT molecular complexity index is 1080. The van der Waals surface area contributed by atoms with Crippen molar-refractivity contribution in [3.05, 3.63) is 90.1 Å². The van der Waals surface area contributed by atoms with Crippen molar-refractivity contribution in [2.45, 2.75) is 13.3 Å². The number of nitrogens with one attached hydrogen (secondary N) is 2. The smallest absolute Gasteiger partial charge is 0.228 e. The number of aromatic nitrogens is 1. The maximum absolute atomic E-state index is 12.6. The fourth-order valence-electron chi connectivity index (χ4n) is 3.04. The molecular weight excluding hydrogens is 336 g/mol. The quantitative estimate of drug-likeness (QED) is 0.499. The Morgan fingerprint density at radius 3 is 2.56 bits per heavy atom.